The number of amidine groups is 1. The highest BCUT2D eigenvalue weighted by Crippen LogP contribution is 2.17. The third kappa shape index (κ3) is 3.69. The third-order valence-corrected chi connectivity index (χ3v) is 4.83. The van der Waals surface area contributed by atoms with E-state index in [0.717, 1.165) is 38.8 Å². The van der Waals surface area contributed by atoms with Crippen molar-refractivity contribution in [2.75, 3.05) is 0 Å². The molecule has 0 saturated heterocycles. The van der Waals surface area contributed by atoms with Gasteiger partial charge in [0.15, 0.2) is 5.84 Å². The summed E-state index contributed by atoms with van der Waals surface area (Å²) in [4.78, 5) is 12.8. The second-order valence-corrected chi connectivity index (χ2v) is 6.84. The molecule has 5 aromatic rings. The average Bonchev–Trinajstić information content (AvgIpc) is 3.22. The predicted octanol–water partition coefficient (Wildman–Crippen LogP) is 5.42. The van der Waals surface area contributed by atoms with E-state index < -0.39 is 0 Å². The first-order valence-electron chi connectivity index (χ1n) is 9.72. The number of nitrogens with one attached hydrogen (secondary N) is 2. The van der Waals surface area contributed by atoms with E-state index in [4.69, 9.17) is 9.98 Å². The van der Waals surface area contributed by atoms with Crippen molar-refractivity contribution in [3.8, 4) is 0 Å². The molecule has 3 aromatic carbocycles. The molecule has 0 aliphatic carbocycles. The Morgan fingerprint density at radius 1 is 0.833 bits per heavy atom. The second kappa shape index (κ2) is 8.01. The number of H-pyrrole nitrogens is 1. The fraction of sp³-hybridized carbons (Fsp3) is 0. The molecule has 5 nitrogen and oxygen atoms in total. The van der Waals surface area contributed by atoms with E-state index in [1.54, 1.807) is 6.21 Å². The number of aromatic nitrogens is 2. The summed E-state index contributed by atoms with van der Waals surface area (Å²) >= 11 is 0. The van der Waals surface area contributed by atoms with Crippen molar-refractivity contribution in [2.24, 2.45) is 10.1 Å². The van der Waals surface area contributed by atoms with Crippen LogP contribution in [0.3, 0.4) is 0 Å². The lowest BCUT2D eigenvalue weighted by molar-refractivity contribution is 1.02. The van der Waals surface area contributed by atoms with Gasteiger partial charge < -0.3 is 4.98 Å². The quantitative estimate of drug-likeness (QED) is 0.245. The van der Waals surface area contributed by atoms with Crippen LogP contribution in [0.2, 0.25) is 0 Å². The van der Waals surface area contributed by atoms with Gasteiger partial charge in [-0.1, -0.05) is 60.7 Å². The van der Waals surface area contributed by atoms with Gasteiger partial charge in [-0.2, -0.15) is 5.10 Å². The first-order valence-corrected chi connectivity index (χ1v) is 9.72. The highest BCUT2D eigenvalue weighted by atomic mass is 15.3. The van der Waals surface area contributed by atoms with Crippen LogP contribution in [0.4, 0.5) is 5.69 Å². The van der Waals surface area contributed by atoms with Crippen LogP contribution < -0.4 is 5.43 Å². The van der Waals surface area contributed by atoms with Crippen LogP contribution in [0.5, 0.6) is 0 Å². The first kappa shape index (κ1) is 17.8. The zero-order valence-electron chi connectivity index (χ0n) is 16.2. The monoisotopic (exact) mass is 389 g/mol. The summed E-state index contributed by atoms with van der Waals surface area (Å²) in [5.74, 6) is 0.586. The van der Waals surface area contributed by atoms with Gasteiger partial charge in [-0.25, -0.2) is 9.98 Å². The van der Waals surface area contributed by atoms with Crippen molar-refractivity contribution in [3.05, 3.63) is 108 Å². The Hall–Kier alpha value is -4.25. The summed E-state index contributed by atoms with van der Waals surface area (Å²) < 4.78 is 0. The largest absolute Gasteiger partial charge is 0.361 e. The maximum Gasteiger partial charge on any atom is 0.173 e. The van der Waals surface area contributed by atoms with Crippen LogP contribution in [0.1, 0.15) is 11.3 Å². The van der Waals surface area contributed by atoms with Gasteiger partial charge >= 0.3 is 0 Å². The van der Waals surface area contributed by atoms with E-state index >= 15 is 0 Å². The molecule has 5 heteroatoms. The van der Waals surface area contributed by atoms with Crippen molar-refractivity contribution >= 4 is 39.5 Å². The molecule has 0 fully saturated rings. The van der Waals surface area contributed by atoms with Gasteiger partial charge in [0.05, 0.1) is 17.4 Å². The Balaban J connectivity index is 1.50. The van der Waals surface area contributed by atoms with E-state index in [0.29, 0.717) is 5.84 Å². The molecule has 0 unspecified atom stereocenters. The molecule has 0 aliphatic rings. The van der Waals surface area contributed by atoms with E-state index in [1.165, 1.54) is 0 Å². The molecule has 0 saturated carbocycles. The van der Waals surface area contributed by atoms with Crippen LogP contribution >= 0.6 is 0 Å². The summed E-state index contributed by atoms with van der Waals surface area (Å²) in [6.07, 6.45) is 3.73. The smallest absolute Gasteiger partial charge is 0.173 e. The Labute approximate surface area is 173 Å². The van der Waals surface area contributed by atoms with E-state index in [-0.39, 0.29) is 0 Å². The van der Waals surface area contributed by atoms with Crippen LogP contribution in [0.25, 0.3) is 21.8 Å². The summed E-state index contributed by atoms with van der Waals surface area (Å²) in [6, 6.07) is 29.9. The molecule has 30 heavy (non-hydrogen) atoms. The van der Waals surface area contributed by atoms with Gasteiger partial charge in [0, 0.05) is 28.0 Å². The molecule has 2 aromatic heterocycles. The van der Waals surface area contributed by atoms with Gasteiger partial charge in [0.2, 0.25) is 0 Å². The number of aromatic amines is 1. The highest BCUT2D eigenvalue weighted by molar-refractivity contribution is 6.02. The molecule has 5 rings (SSSR count). The Kier molecular flexibility index (Phi) is 4.76. The van der Waals surface area contributed by atoms with Crippen molar-refractivity contribution in [1.82, 2.24) is 15.4 Å². The van der Waals surface area contributed by atoms with Crippen LogP contribution in [-0.4, -0.2) is 22.0 Å². The molecule has 2 N–H and O–H groups in total. The highest BCUT2D eigenvalue weighted by Gasteiger charge is 2.07. The Morgan fingerprint density at radius 2 is 1.63 bits per heavy atom. The normalized spacial score (nSPS) is 12.1. The second-order valence-electron chi connectivity index (χ2n) is 6.84. The lowest BCUT2D eigenvalue weighted by Crippen LogP contribution is -2.20. The maximum atomic E-state index is 4.76. The van der Waals surface area contributed by atoms with Crippen LogP contribution in [-0.2, 0) is 0 Å². The zero-order chi connectivity index (χ0) is 20.2. The minimum absolute atomic E-state index is 0.586. The third-order valence-electron chi connectivity index (χ3n) is 4.83. The molecule has 144 valence electrons. The van der Waals surface area contributed by atoms with Crippen molar-refractivity contribution in [3.63, 3.8) is 0 Å². The molecule has 0 spiro atoms. The molecular weight excluding hydrogens is 370 g/mol. The molecule has 0 radical (unpaired) electrons. The number of pyridine rings is 1. The standard InChI is InChI=1S/C25H19N5/c1-2-9-20(10-3-1)28-25(24-15-14-18-8-4-6-12-22(18)29-24)30-27-17-19-16-26-23-13-7-5-11-21(19)23/h1-17,26H,(H,28,30)/b27-17+. The number of aliphatic imine (C=N–C) groups is 1. The first-order chi connectivity index (χ1) is 14.9. The molecule has 2 heterocycles. The SMILES string of the molecule is C(=N\NC(=Nc1ccccc1)c1ccc2ccccc2n1)/c1c[nH]c2ccccc12. The maximum absolute atomic E-state index is 4.76. The molecule has 0 aliphatic heterocycles. The van der Waals surface area contributed by atoms with Crippen LogP contribution in [0.15, 0.2) is 107 Å². The molecule has 0 bridgehead atoms. The zero-order valence-corrected chi connectivity index (χ0v) is 16.2. The van der Waals surface area contributed by atoms with Crippen molar-refractivity contribution in [2.45, 2.75) is 0 Å². The molecule has 0 amide bonds. The fourth-order valence-electron chi connectivity index (χ4n) is 3.33. The summed E-state index contributed by atoms with van der Waals surface area (Å²) in [7, 11) is 0. The number of hydrogen-bond acceptors (Lipinski definition) is 3. The predicted molar refractivity (Wildman–Crippen MR) is 123 cm³/mol. The van der Waals surface area contributed by atoms with Gasteiger partial charge in [-0.15, -0.1) is 0 Å². The molecular formula is C25H19N5. The minimum atomic E-state index is 0.586. The lowest BCUT2D eigenvalue weighted by Gasteiger charge is -2.07. The van der Waals surface area contributed by atoms with Gasteiger partial charge in [0.1, 0.15) is 5.69 Å². The number of para-hydroxylation sites is 3. The number of hydrazone groups is 1. The Morgan fingerprint density at radius 3 is 2.57 bits per heavy atom. The van der Waals surface area contributed by atoms with Crippen LogP contribution in [0, 0.1) is 0 Å². The number of hydrogen-bond donors (Lipinski definition) is 2. The number of fused-ring (bicyclic) bond motifs is 2. The fourth-order valence-corrected chi connectivity index (χ4v) is 3.33. The van der Waals surface area contributed by atoms with Gasteiger partial charge in [-0.05, 0) is 30.3 Å². The minimum Gasteiger partial charge on any atom is -0.361 e. The average molecular weight is 389 g/mol. The van der Waals surface area contributed by atoms with Gasteiger partial charge in [-0.3, -0.25) is 5.43 Å². The van der Waals surface area contributed by atoms with E-state index in [9.17, 15) is 0 Å². The van der Waals surface area contributed by atoms with Gasteiger partial charge in [0.25, 0.3) is 0 Å². The molecule has 0 atom stereocenters. The number of benzene rings is 3. The topological polar surface area (TPSA) is 65.4 Å². The Bertz CT molecular complexity index is 1370. The van der Waals surface area contributed by atoms with E-state index in [1.807, 2.05) is 91.1 Å². The van der Waals surface area contributed by atoms with Crippen molar-refractivity contribution < 1.29 is 0 Å². The summed E-state index contributed by atoms with van der Waals surface area (Å²) in [5.41, 5.74) is 7.65. The summed E-state index contributed by atoms with van der Waals surface area (Å²) in [5, 5.41) is 6.66. The number of nitrogens with zero attached hydrogens (tertiary/aromatic N) is 3. The van der Waals surface area contributed by atoms with Crippen molar-refractivity contribution in [1.29, 1.82) is 0 Å². The summed E-state index contributed by atoms with van der Waals surface area (Å²) in [6.45, 7) is 0. The number of rotatable bonds is 4. The van der Waals surface area contributed by atoms with E-state index in [2.05, 4.69) is 21.6 Å². The lowest BCUT2D eigenvalue weighted by atomic mass is 10.2.